The Morgan fingerprint density at radius 2 is 1.92 bits per heavy atom. The molecule has 0 radical (unpaired) electrons. The highest BCUT2D eigenvalue weighted by Crippen LogP contribution is 2.26. The Bertz CT molecular complexity index is 944. The van der Waals surface area contributed by atoms with Gasteiger partial charge in [0.15, 0.2) is 5.82 Å². The van der Waals surface area contributed by atoms with Crippen LogP contribution in [0.5, 0.6) is 0 Å². The number of aromatic nitrogens is 2. The summed E-state index contributed by atoms with van der Waals surface area (Å²) in [6, 6.07) is 14.3. The van der Waals surface area contributed by atoms with E-state index >= 15 is 0 Å². The van der Waals surface area contributed by atoms with E-state index in [1.165, 1.54) is 0 Å². The van der Waals surface area contributed by atoms with Gasteiger partial charge in [-0.1, -0.05) is 28.1 Å². The number of anilines is 1. The lowest BCUT2D eigenvalue weighted by Crippen LogP contribution is -2.08. The quantitative estimate of drug-likeness (QED) is 0.721. The van der Waals surface area contributed by atoms with Crippen molar-refractivity contribution in [2.45, 2.75) is 20.3 Å². The molecule has 0 aliphatic heterocycles. The molecule has 0 saturated carbocycles. The fourth-order valence-electron chi connectivity index (χ4n) is 2.79. The first kappa shape index (κ1) is 16.4. The van der Waals surface area contributed by atoms with Gasteiger partial charge in [-0.3, -0.25) is 0 Å². The molecule has 5 heteroatoms. The molecule has 0 saturated heterocycles. The number of benzene rings is 2. The second-order valence-electron chi connectivity index (χ2n) is 5.82. The Kier molecular flexibility index (Phi) is 4.77. The number of nitriles is 1. The van der Waals surface area contributed by atoms with Gasteiger partial charge in [0, 0.05) is 21.8 Å². The Labute approximate surface area is 149 Å². The Hall–Kier alpha value is -2.45. The SMILES string of the molecule is Cc1cc(C#N)cc(CCNc2nnc(C)c3ccc(Br)cc23)c1. The fraction of sp³-hybridized carbons (Fsp3) is 0.211. The first-order chi connectivity index (χ1) is 11.6. The number of hydrogen-bond acceptors (Lipinski definition) is 4. The van der Waals surface area contributed by atoms with E-state index in [1.54, 1.807) is 0 Å². The maximum Gasteiger partial charge on any atom is 0.156 e. The molecule has 0 bridgehead atoms. The van der Waals surface area contributed by atoms with Gasteiger partial charge in [-0.05, 0) is 55.7 Å². The van der Waals surface area contributed by atoms with E-state index in [4.69, 9.17) is 5.26 Å². The van der Waals surface area contributed by atoms with Crippen LogP contribution in [0, 0.1) is 25.2 Å². The van der Waals surface area contributed by atoms with Crippen molar-refractivity contribution >= 4 is 32.5 Å². The number of aryl methyl sites for hydroxylation is 2. The van der Waals surface area contributed by atoms with Crippen LogP contribution in [0.25, 0.3) is 10.8 Å². The minimum absolute atomic E-state index is 0.703. The first-order valence-electron chi connectivity index (χ1n) is 7.74. The summed E-state index contributed by atoms with van der Waals surface area (Å²) < 4.78 is 1.02. The summed E-state index contributed by atoms with van der Waals surface area (Å²) in [7, 11) is 0. The summed E-state index contributed by atoms with van der Waals surface area (Å²) >= 11 is 3.51. The van der Waals surface area contributed by atoms with Crippen LogP contribution in [-0.4, -0.2) is 16.7 Å². The van der Waals surface area contributed by atoms with Gasteiger partial charge in [-0.2, -0.15) is 10.4 Å². The largest absolute Gasteiger partial charge is 0.368 e. The van der Waals surface area contributed by atoms with Crippen molar-refractivity contribution in [3.05, 3.63) is 63.3 Å². The third-order valence-electron chi connectivity index (χ3n) is 3.90. The van der Waals surface area contributed by atoms with Crippen LogP contribution in [0.2, 0.25) is 0 Å². The van der Waals surface area contributed by atoms with Gasteiger partial charge >= 0.3 is 0 Å². The minimum atomic E-state index is 0.703. The van der Waals surface area contributed by atoms with E-state index in [0.717, 1.165) is 50.8 Å². The van der Waals surface area contributed by atoms with E-state index in [9.17, 15) is 0 Å². The van der Waals surface area contributed by atoms with Crippen molar-refractivity contribution in [3.63, 3.8) is 0 Å². The van der Waals surface area contributed by atoms with Gasteiger partial charge in [0.05, 0.1) is 17.3 Å². The molecule has 3 aromatic rings. The van der Waals surface area contributed by atoms with E-state index < -0.39 is 0 Å². The summed E-state index contributed by atoms with van der Waals surface area (Å²) in [5.41, 5.74) is 3.87. The summed E-state index contributed by atoms with van der Waals surface area (Å²) in [5, 5.41) is 23.1. The molecule has 4 nitrogen and oxygen atoms in total. The highest BCUT2D eigenvalue weighted by molar-refractivity contribution is 9.10. The molecule has 0 unspecified atom stereocenters. The van der Waals surface area contributed by atoms with Crippen LogP contribution in [0.4, 0.5) is 5.82 Å². The monoisotopic (exact) mass is 380 g/mol. The van der Waals surface area contributed by atoms with Crippen LogP contribution >= 0.6 is 15.9 Å². The molecule has 0 fully saturated rings. The number of halogens is 1. The van der Waals surface area contributed by atoms with Crippen molar-refractivity contribution in [1.29, 1.82) is 5.26 Å². The molecule has 0 aliphatic rings. The second kappa shape index (κ2) is 6.98. The summed E-state index contributed by atoms with van der Waals surface area (Å²) in [6.07, 6.45) is 0.821. The van der Waals surface area contributed by atoms with Crippen molar-refractivity contribution < 1.29 is 0 Å². The molecule has 120 valence electrons. The van der Waals surface area contributed by atoms with Gasteiger partial charge in [0.1, 0.15) is 0 Å². The number of hydrogen-bond donors (Lipinski definition) is 1. The molecular weight excluding hydrogens is 364 g/mol. The average Bonchev–Trinajstić information content (AvgIpc) is 2.56. The summed E-state index contributed by atoms with van der Waals surface area (Å²) in [6.45, 7) is 4.70. The standard InChI is InChI=1S/C19H17BrN4/c1-12-7-14(9-15(8-12)11-21)5-6-22-19-18-10-16(20)3-4-17(18)13(2)23-24-19/h3-4,7-10H,5-6H2,1-2H3,(H,22,24). The molecule has 3 rings (SSSR count). The highest BCUT2D eigenvalue weighted by Gasteiger charge is 2.07. The van der Waals surface area contributed by atoms with E-state index in [-0.39, 0.29) is 0 Å². The first-order valence-corrected chi connectivity index (χ1v) is 8.53. The molecule has 0 aliphatic carbocycles. The normalized spacial score (nSPS) is 10.6. The lowest BCUT2D eigenvalue weighted by molar-refractivity contribution is 0.958. The van der Waals surface area contributed by atoms with Gasteiger partial charge in [-0.25, -0.2) is 0 Å². The number of nitrogens with zero attached hydrogens (tertiary/aromatic N) is 3. The van der Waals surface area contributed by atoms with Crippen LogP contribution in [-0.2, 0) is 6.42 Å². The smallest absolute Gasteiger partial charge is 0.156 e. The van der Waals surface area contributed by atoms with Gasteiger partial charge in [-0.15, -0.1) is 5.10 Å². The zero-order chi connectivity index (χ0) is 17.1. The number of rotatable bonds is 4. The fourth-order valence-corrected chi connectivity index (χ4v) is 3.15. The molecular formula is C19H17BrN4. The van der Waals surface area contributed by atoms with Crippen molar-refractivity contribution in [2.75, 3.05) is 11.9 Å². The van der Waals surface area contributed by atoms with E-state index in [1.807, 2.05) is 38.1 Å². The molecule has 0 spiro atoms. The zero-order valence-corrected chi connectivity index (χ0v) is 15.2. The predicted octanol–water partition coefficient (Wildman–Crippen LogP) is 4.54. The predicted molar refractivity (Wildman–Crippen MR) is 100 cm³/mol. The lowest BCUT2D eigenvalue weighted by atomic mass is 10.0. The Balaban J connectivity index is 1.79. The Morgan fingerprint density at radius 1 is 1.08 bits per heavy atom. The molecule has 0 atom stereocenters. The van der Waals surface area contributed by atoms with Crippen LogP contribution < -0.4 is 5.32 Å². The molecule has 1 N–H and O–H groups in total. The summed E-state index contributed by atoms with van der Waals surface area (Å²) in [4.78, 5) is 0. The second-order valence-corrected chi connectivity index (χ2v) is 6.74. The van der Waals surface area contributed by atoms with Gasteiger partial charge in [0.25, 0.3) is 0 Å². The highest BCUT2D eigenvalue weighted by atomic mass is 79.9. The molecule has 2 aromatic carbocycles. The van der Waals surface area contributed by atoms with Crippen molar-refractivity contribution in [1.82, 2.24) is 10.2 Å². The van der Waals surface area contributed by atoms with Gasteiger partial charge in [0.2, 0.25) is 0 Å². The maximum atomic E-state index is 9.07. The average molecular weight is 381 g/mol. The van der Waals surface area contributed by atoms with E-state index in [2.05, 4.69) is 49.6 Å². The summed E-state index contributed by atoms with van der Waals surface area (Å²) in [5.74, 6) is 0.782. The van der Waals surface area contributed by atoms with Crippen molar-refractivity contribution in [2.24, 2.45) is 0 Å². The van der Waals surface area contributed by atoms with Gasteiger partial charge < -0.3 is 5.32 Å². The van der Waals surface area contributed by atoms with Crippen molar-refractivity contribution in [3.8, 4) is 6.07 Å². The third kappa shape index (κ3) is 3.55. The maximum absolute atomic E-state index is 9.07. The molecule has 1 heterocycles. The zero-order valence-electron chi connectivity index (χ0n) is 13.6. The van der Waals surface area contributed by atoms with E-state index in [0.29, 0.717) is 5.56 Å². The molecule has 1 aromatic heterocycles. The molecule has 24 heavy (non-hydrogen) atoms. The molecule has 0 amide bonds. The Morgan fingerprint density at radius 3 is 2.71 bits per heavy atom. The van der Waals surface area contributed by atoms with Crippen LogP contribution in [0.1, 0.15) is 22.4 Å². The lowest BCUT2D eigenvalue weighted by Gasteiger charge is -2.10. The number of nitrogens with one attached hydrogen (secondary N) is 1. The topological polar surface area (TPSA) is 61.6 Å². The number of fused-ring (bicyclic) bond motifs is 1. The van der Waals surface area contributed by atoms with Crippen LogP contribution in [0.3, 0.4) is 0 Å². The minimum Gasteiger partial charge on any atom is -0.368 e. The third-order valence-corrected chi connectivity index (χ3v) is 4.39. The van der Waals surface area contributed by atoms with Crippen LogP contribution in [0.15, 0.2) is 40.9 Å².